The molecule has 0 saturated carbocycles. The second-order valence-corrected chi connectivity index (χ2v) is 2.23. The molecule has 0 aliphatic carbocycles. The summed E-state index contributed by atoms with van der Waals surface area (Å²) in [5.41, 5.74) is 10.4. The fourth-order valence-corrected chi connectivity index (χ4v) is 0.632. The Hall–Kier alpha value is 0.650. The third kappa shape index (κ3) is 8.56. The predicted molar refractivity (Wildman–Crippen MR) is 46.5 cm³/mol. The summed E-state index contributed by atoms with van der Waals surface area (Å²) in [6, 6.07) is -0.716. The first-order valence-electron chi connectivity index (χ1n) is 3.37. The molecular weight excluding hydrogens is 172 g/mol. The number of hydrogen-bond acceptors (Lipinski definition) is 3. The minimum absolute atomic E-state index is 0. The zero-order valence-corrected chi connectivity index (χ0v) is 8.83. The van der Waals surface area contributed by atoms with E-state index < -0.39 is 12.0 Å². The molecular formula is C6H16CaN2O2. The molecule has 64 valence electrons. The quantitative estimate of drug-likeness (QED) is 0.396. The number of hydrogen-bond donors (Lipinski definition) is 3. The summed E-state index contributed by atoms with van der Waals surface area (Å²) in [4.78, 5) is 10.1. The number of unbranched alkanes of at least 4 members (excludes halogenated alkanes) is 1. The van der Waals surface area contributed by atoms with Crippen molar-refractivity contribution < 1.29 is 12.8 Å². The molecule has 0 saturated heterocycles. The Kier molecular flexibility index (Phi) is 11.3. The van der Waals surface area contributed by atoms with Crippen LogP contribution >= 0.6 is 0 Å². The zero-order valence-electron chi connectivity index (χ0n) is 8.62. The Morgan fingerprint density at radius 1 is 1.55 bits per heavy atom. The second kappa shape index (κ2) is 8.74. The molecule has 0 aromatic carbocycles. The van der Waals surface area contributed by atoms with Gasteiger partial charge in [0.15, 0.2) is 0 Å². The normalized spacial score (nSPS) is 11.8. The Labute approximate surface area is 99.3 Å². The van der Waals surface area contributed by atoms with Gasteiger partial charge in [-0.25, -0.2) is 0 Å². The van der Waals surface area contributed by atoms with Gasteiger partial charge in [0.2, 0.25) is 0 Å². The number of nitrogens with two attached hydrogens (primary N) is 2. The fraction of sp³-hybridized carbons (Fsp3) is 0.833. The van der Waals surface area contributed by atoms with Crippen molar-refractivity contribution in [3.63, 3.8) is 0 Å². The Bertz CT molecular complexity index is 119. The van der Waals surface area contributed by atoms with E-state index in [0.717, 1.165) is 12.8 Å². The molecule has 5 N–H and O–H groups in total. The van der Waals surface area contributed by atoms with Crippen LogP contribution in [0.4, 0.5) is 0 Å². The molecule has 0 bridgehead atoms. The van der Waals surface area contributed by atoms with Gasteiger partial charge >= 0.3 is 43.7 Å². The van der Waals surface area contributed by atoms with E-state index in [0.29, 0.717) is 13.0 Å². The van der Waals surface area contributed by atoms with Crippen LogP contribution in [0, 0.1) is 0 Å². The van der Waals surface area contributed by atoms with Gasteiger partial charge in [0.05, 0.1) is 0 Å². The van der Waals surface area contributed by atoms with Crippen molar-refractivity contribution >= 4 is 43.7 Å². The number of carboxylic acid groups (broad SMARTS) is 1. The Morgan fingerprint density at radius 3 is 2.45 bits per heavy atom. The molecule has 0 aromatic heterocycles. The maximum absolute atomic E-state index is 10.1. The van der Waals surface area contributed by atoms with Crippen molar-refractivity contribution in [2.45, 2.75) is 25.3 Å². The predicted octanol–water partition coefficient (Wildman–Crippen LogP) is -0.628. The molecule has 0 aromatic rings. The molecule has 1 atom stereocenters. The standard InChI is InChI=1S/C6H14N2O2.Ca.2H/c7-4-2-1-3-5(8)6(9)10;;;/h5H,1-4,7-8H2,(H,9,10);;;/q;+2;2*-1/t5-;;;/m0.../s1. The van der Waals surface area contributed by atoms with E-state index in [1.165, 1.54) is 0 Å². The van der Waals surface area contributed by atoms with Crippen LogP contribution in [0.15, 0.2) is 0 Å². The molecule has 0 aliphatic rings. The molecule has 0 aliphatic heterocycles. The number of carboxylic acids is 1. The van der Waals surface area contributed by atoms with Gasteiger partial charge in [-0.2, -0.15) is 0 Å². The van der Waals surface area contributed by atoms with Crippen LogP contribution in [0.2, 0.25) is 0 Å². The first-order chi connectivity index (χ1) is 4.68. The molecule has 0 fully saturated rings. The smallest absolute Gasteiger partial charge is 1.00 e. The van der Waals surface area contributed by atoms with E-state index in [2.05, 4.69) is 0 Å². The Balaban J connectivity index is -0.000000135. The van der Waals surface area contributed by atoms with E-state index >= 15 is 0 Å². The summed E-state index contributed by atoms with van der Waals surface area (Å²) >= 11 is 0. The van der Waals surface area contributed by atoms with E-state index in [9.17, 15) is 4.79 Å². The summed E-state index contributed by atoms with van der Waals surface area (Å²) in [6.45, 7) is 0.604. The maximum atomic E-state index is 10.1. The van der Waals surface area contributed by atoms with Crippen LogP contribution in [0.1, 0.15) is 22.1 Å². The molecule has 0 radical (unpaired) electrons. The van der Waals surface area contributed by atoms with Crippen molar-refractivity contribution in [3.8, 4) is 0 Å². The third-order valence-electron chi connectivity index (χ3n) is 1.29. The van der Waals surface area contributed by atoms with Gasteiger partial charge < -0.3 is 19.4 Å². The monoisotopic (exact) mass is 188 g/mol. The van der Waals surface area contributed by atoms with E-state index in [1.807, 2.05) is 0 Å². The summed E-state index contributed by atoms with van der Waals surface area (Å²) in [7, 11) is 0. The zero-order chi connectivity index (χ0) is 7.98. The molecule has 11 heavy (non-hydrogen) atoms. The van der Waals surface area contributed by atoms with E-state index in [1.54, 1.807) is 0 Å². The SMILES string of the molecule is NCCCC[C@H](N)C(=O)O.[Ca+2].[H-].[H-]. The van der Waals surface area contributed by atoms with Crippen LogP contribution in [0.25, 0.3) is 0 Å². The van der Waals surface area contributed by atoms with Crippen molar-refractivity contribution in [2.75, 3.05) is 6.54 Å². The van der Waals surface area contributed by atoms with Crippen LogP contribution in [-0.4, -0.2) is 61.4 Å². The van der Waals surface area contributed by atoms with E-state index in [4.69, 9.17) is 16.6 Å². The van der Waals surface area contributed by atoms with Gasteiger partial charge in [-0.05, 0) is 19.4 Å². The summed E-state index contributed by atoms with van der Waals surface area (Å²) in [6.07, 6.45) is 2.16. The van der Waals surface area contributed by atoms with Gasteiger partial charge in [-0.1, -0.05) is 6.42 Å². The average Bonchev–Trinajstić information content (AvgIpc) is 1.88. The van der Waals surface area contributed by atoms with E-state index in [-0.39, 0.29) is 40.6 Å². The fourth-order valence-electron chi connectivity index (χ4n) is 0.632. The Morgan fingerprint density at radius 2 is 2.09 bits per heavy atom. The van der Waals surface area contributed by atoms with Gasteiger partial charge in [0, 0.05) is 0 Å². The van der Waals surface area contributed by atoms with Crippen LogP contribution in [0.5, 0.6) is 0 Å². The minimum Gasteiger partial charge on any atom is -1.00 e. The number of rotatable bonds is 5. The van der Waals surface area contributed by atoms with Gasteiger partial charge in [0.25, 0.3) is 0 Å². The van der Waals surface area contributed by atoms with Crippen molar-refractivity contribution in [3.05, 3.63) is 0 Å². The molecule has 0 spiro atoms. The molecule has 0 rings (SSSR count). The maximum Gasteiger partial charge on any atom is 2.00 e. The summed E-state index contributed by atoms with van der Waals surface area (Å²) in [5.74, 6) is -0.933. The van der Waals surface area contributed by atoms with Gasteiger partial charge in [-0.15, -0.1) is 0 Å². The van der Waals surface area contributed by atoms with Crippen molar-refractivity contribution in [1.29, 1.82) is 0 Å². The molecule has 0 heterocycles. The number of carbonyl (C=O) groups is 1. The minimum atomic E-state index is -0.933. The molecule has 0 amide bonds. The van der Waals surface area contributed by atoms with Gasteiger partial charge in [-0.3, -0.25) is 4.79 Å². The van der Waals surface area contributed by atoms with Crippen LogP contribution in [0.3, 0.4) is 0 Å². The first-order valence-corrected chi connectivity index (χ1v) is 3.37. The second-order valence-electron chi connectivity index (χ2n) is 2.23. The first kappa shape index (κ1) is 14.2. The van der Waals surface area contributed by atoms with Crippen molar-refractivity contribution in [2.24, 2.45) is 11.5 Å². The third-order valence-corrected chi connectivity index (χ3v) is 1.29. The molecule has 5 heteroatoms. The van der Waals surface area contributed by atoms with Gasteiger partial charge in [0.1, 0.15) is 6.04 Å². The number of aliphatic carboxylic acids is 1. The van der Waals surface area contributed by atoms with Crippen LogP contribution in [-0.2, 0) is 4.79 Å². The summed E-state index contributed by atoms with van der Waals surface area (Å²) in [5, 5.41) is 8.33. The van der Waals surface area contributed by atoms with Crippen molar-refractivity contribution in [1.82, 2.24) is 0 Å². The average molecular weight is 188 g/mol. The van der Waals surface area contributed by atoms with Crippen LogP contribution < -0.4 is 11.5 Å². The molecule has 4 nitrogen and oxygen atoms in total. The molecule has 0 unspecified atom stereocenters. The summed E-state index contributed by atoms with van der Waals surface area (Å²) < 4.78 is 0. The largest absolute Gasteiger partial charge is 2.00 e. The topological polar surface area (TPSA) is 89.3 Å².